The summed E-state index contributed by atoms with van der Waals surface area (Å²) in [7, 11) is 0. The molecule has 6 aromatic heterocycles. The van der Waals surface area contributed by atoms with Gasteiger partial charge in [-0.15, -0.1) is 0 Å². The van der Waals surface area contributed by atoms with E-state index in [0.717, 1.165) is 49.5 Å². The Morgan fingerprint density at radius 3 is 1.80 bits per heavy atom. The van der Waals surface area contributed by atoms with Crippen molar-refractivity contribution < 1.29 is 4.42 Å². The van der Waals surface area contributed by atoms with E-state index in [4.69, 9.17) is 14.4 Å². The van der Waals surface area contributed by atoms with Crippen LogP contribution >= 0.6 is 0 Å². The van der Waals surface area contributed by atoms with Crippen LogP contribution in [-0.2, 0) is 0 Å². The fraction of sp³-hybridized carbons (Fsp3) is 0. The van der Waals surface area contributed by atoms with Crippen molar-refractivity contribution in [3.8, 4) is 28.5 Å². The molecule has 12 rings (SSSR count). The van der Waals surface area contributed by atoms with Crippen molar-refractivity contribution in [3.05, 3.63) is 152 Å². The molecule has 6 nitrogen and oxygen atoms in total. The smallest absolute Gasteiger partial charge is 0.236 e. The first-order chi connectivity index (χ1) is 25.3. The predicted molar refractivity (Wildman–Crippen MR) is 207 cm³/mol. The van der Waals surface area contributed by atoms with Gasteiger partial charge in [-0.05, 0) is 77.9 Å². The minimum Gasteiger partial charge on any atom is -0.452 e. The first-order valence-corrected chi connectivity index (χ1v) is 17.1. The Morgan fingerprint density at radius 2 is 1.08 bits per heavy atom. The zero-order valence-electron chi connectivity index (χ0n) is 27.1. The third kappa shape index (κ3) is 3.57. The Morgan fingerprint density at radius 1 is 0.471 bits per heavy atom. The van der Waals surface area contributed by atoms with E-state index in [1.165, 1.54) is 43.7 Å². The van der Waals surface area contributed by atoms with Crippen molar-refractivity contribution in [2.75, 3.05) is 0 Å². The molecule has 236 valence electrons. The minimum absolute atomic E-state index is 0.577. The summed E-state index contributed by atoms with van der Waals surface area (Å²) in [5.41, 5.74) is 11.8. The highest BCUT2D eigenvalue weighted by molar-refractivity contribution is 6.24. The second-order valence-corrected chi connectivity index (χ2v) is 13.2. The summed E-state index contributed by atoms with van der Waals surface area (Å²) in [5.74, 6) is 0.577. The highest BCUT2D eigenvalue weighted by atomic mass is 16.3. The average molecular weight is 652 g/mol. The Kier molecular flexibility index (Phi) is 5.14. The summed E-state index contributed by atoms with van der Waals surface area (Å²) in [6.45, 7) is 0. The van der Waals surface area contributed by atoms with Crippen LogP contribution in [0.2, 0.25) is 0 Å². The third-order valence-corrected chi connectivity index (χ3v) is 10.5. The van der Waals surface area contributed by atoms with E-state index in [0.29, 0.717) is 17.2 Å². The lowest BCUT2D eigenvalue weighted by Crippen LogP contribution is -2.03. The van der Waals surface area contributed by atoms with Gasteiger partial charge in [-0.25, -0.2) is 9.97 Å². The maximum atomic E-state index is 6.37. The molecule has 6 heterocycles. The van der Waals surface area contributed by atoms with Crippen molar-refractivity contribution in [2.24, 2.45) is 0 Å². The highest BCUT2D eigenvalue weighted by Crippen LogP contribution is 2.43. The van der Waals surface area contributed by atoms with Gasteiger partial charge in [-0.3, -0.25) is 9.55 Å². The molecule has 0 atom stereocenters. The van der Waals surface area contributed by atoms with E-state index in [-0.39, 0.29) is 0 Å². The van der Waals surface area contributed by atoms with Crippen molar-refractivity contribution in [3.63, 3.8) is 0 Å². The van der Waals surface area contributed by atoms with Crippen LogP contribution in [0, 0.1) is 0 Å². The summed E-state index contributed by atoms with van der Waals surface area (Å²) < 4.78 is 11.0. The Labute approximate surface area is 289 Å². The number of hydrogen-bond acceptors (Lipinski definition) is 4. The Bertz CT molecular complexity index is 3290. The van der Waals surface area contributed by atoms with Crippen LogP contribution in [-0.4, -0.2) is 23.9 Å². The van der Waals surface area contributed by atoms with Crippen LogP contribution in [0.4, 0.5) is 0 Å². The Hall–Kier alpha value is -7.05. The van der Waals surface area contributed by atoms with E-state index >= 15 is 0 Å². The topological polar surface area (TPSA) is 61.2 Å². The lowest BCUT2D eigenvalue weighted by atomic mass is 9.98. The molecule has 0 saturated carbocycles. The average Bonchev–Trinajstić information content (AvgIpc) is 3.93. The number of aromatic nitrogens is 5. The molecular weight excluding hydrogens is 627 g/mol. The van der Waals surface area contributed by atoms with Gasteiger partial charge in [0.05, 0.1) is 33.3 Å². The standard InChI is InChI=1S/C45H25N5O/c1-7-18-38-28(11-1)32-23-26(27-24-33-29-12-2-5-16-36(29)49-37-17-6-3-13-30(37)34(25-27)43(33)49)20-21-39(32)50(38)45-47-41-31-14-4-8-19-40(31)51-44(41)42(48-45)35-15-9-10-22-46-35/h1-25H. The zero-order chi connectivity index (χ0) is 33.2. The van der Waals surface area contributed by atoms with Crippen LogP contribution in [0.3, 0.4) is 0 Å². The maximum Gasteiger partial charge on any atom is 0.236 e. The SMILES string of the molecule is c1ccc(-c2nc(-n3c4ccccc4c4cc(-c5cc6c7ccccc7n7c8ccccc8c(c5)c67)ccc43)nc3c2oc2ccccc23)nc1. The number of furan rings is 1. The largest absolute Gasteiger partial charge is 0.452 e. The van der Waals surface area contributed by atoms with E-state index in [1.807, 2.05) is 36.4 Å². The molecule has 0 aliphatic carbocycles. The van der Waals surface area contributed by atoms with Crippen LogP contribution in [0.15, 0.2) is 156 Å². The molecule has 0 amide bonds. The number of benzene rings is 6. The summed E-state index contributed by atoms with van der Waals surface area (Å²) >= 11 is 0. The molecule has 6 heteroatoms. The van der Waals surface area contributed by atoms with Crippen molar-refractivity contribution in [1.82, 2.24) is 23.9 Å². The molecule has 6 aromatic carbocycles. The van der Waals surface area contributed by atoms with Gasteiger partial charge in [0.2, 0.25) is 5.95 Å². The minimum atomic E-state index is 0.577. The second kappa shape index (κ2) is 9.77. The molecule has 0 radical (unpaired) electrons. The van der Waals surface area contributed by atoms with Gasteiger partial charge < -0.3 is 8.82 Å². The lowest BCUT2D eigenvalue weighted by Gasteiger charge is -2.09. The number of pyridine rings is 1. The molecule has 0 spiro atoms. The number of nitrogens with zero attached hydrogens (tertiary/aromatic N) is 5. The van der Waals surface area contributed by atoms with Crippen molar-refractivity contribution in [1.29, 1.82) is 0 Å². The summed E-state index contributed by atoms with van der Waals surface area (Å²) in [6.07, 6.45) is 1.79. The zero-order valence-corrected chi connectivity index (χ0v) is 27.1. The van der Waals surface area contributed by atoms with Crippen LogP contribution in [0.1, 0.15) is 0 Å². The quantitative estimate of drug-likeness (QED) is 0.191. The van der Waals surface area contributed by atoms with E-state index < -0.39 is 0 Å². The summed E-state index contributed by atoms with van der Waals surface area (Å²) in [5, 5.41) is 8.31. The van der Waals surface area contributed by atoms with E-state index in [9.17, 15) is 0 Å². The lowest BCUT2D eigenvalue weighted by molar-refractivity contribution is 0.666. The van der Waals surface area contributed by atoms with Gasteiger partial charge in [0.25, 0.3) is 0 Å². The van der Waals surface area contributed by atoms with Crippen molar-refractivity contribution in [2.45, 2.75) is 0 Å². The molecule has 0 N–H and O–H groups in total. The normalized spacial score (nSPS) is 12.3. The van der Waals surface area contributed by atoms with E-state index in [2.05, 4.69) is 123 Å². The third-order valence-electron chi connectivity index (χ3n) is 10.5. The molecule has 0 aliphatic heterocycles. The van der Waals surface area contributed by atoms with Gasteiger partial charge in [0, 0.05) is 43.9 Å². The van der Waals surface area contributed by atoms with Gasteiger partial charge in [0.1, 0.15) is 16.8 Å². The molecule has 0 fully saturated rings. The molecule has 0 unspecified atom stereocenters. The van der Waals surface area contributed by atoms with Gasteiger partial charge in [-0.1, -0.05) is 78.9 Å². The molecule has 0 saturated heterocycles. The Balaban J connectivity index is 1.13. The van der Waals surface area contributed by atoms with Crippen LogP contribution < -0.4 is 0 Å². The molecule has 12 aromatic rings. The van der Waals surface area contributed by atoms with Gasteiger partial charge in [-0.2, -0.15) is 0 Å². The molecular formula is C45H25N5O. The van der Waals surface area contributed by atoms with E-state index in [1.54, 1.807) is 6.20 Å². The summed E-state index contributed by atoms with van der Waals surface area (Å²) in [6, 6.07) is 51.4. The summed E-state index contributed by atoms with van der Waals surface area (Å²) in [4.78, 5) is 15.1. The second-order valence-electron chi connectivity index (χ2n) is 13.2. The first kappa shape index (κ1) is 26.9. The number of hydrogen-bond donors (Lipinski definition) is 0. The van der Waals surface area contributed by atoms with Crippen LogP contribution in [0.5, 0.6) is 0 Å². The maximum absolute atomic E-state index is 6.37. The van der Waals surface area contributed by atoms with Gasteiger partial charge >= 0.3 is 0 Å². The molecule has 0 bridgehead atoms. The fourth-order valence-electron chi connectivity index (χ4n) is 8.34. The fourth-order valence-corrected chi connectivity index (χ4v) is 8.34. The monoisotopic (exact) mass is 651 g/mol. The molecule has 0 aliphatic rings. The number of rotatable bonds is 3. The first-order valence-electron chi connectivity index (χ1n) is 17.1. The number of para-hydroxylation sites is 4. The predicted octanol–water partition coefficient (Wildman–Crippen LogP) is 11.4. The van der Waals surface area contributed by atoms with Gasteiger partial charge in [0.15, 0.2) is 5.58 Å². The number of fused-ring (bicyclic) bond motifs is 12. The molecule has 51 heavy (non-hydrogen) atoms. The highest BCUT2D eigenvalue weighted by Gasteiger charge is 2.23. The van der Waals surface area contributed by atoms with Crippen LogP contribution in [0.25, 0.3) is 110 Å². The van der Waals surface area contributed by atoms with Crippen molar-refractivity contribution >= 4 is 82.0 Å².